The molecule has 0 bridgehead atoms. The van der Waals surface area contributed by atoms with Crippen LogP contribution in [0.25, 0.3) is 0 Å². The van der Waals surface area contributed by atoms with E-state index in [0.717, 1.165) is 83.5 Å². The molecular formula is C32H54N2O7. The molecule has 0 rings (SSSR count). The number of carbonyl (C=O) groups excluding carboxylic acids is 3. The van der Waals surface area contributed by atoms with Gasteiger partial charge in [-0.3, -0.25) is 14.4 Å². The highest BCUT2D eigenvalue weighted by molar-refractivity contribution is 5.87. The summed E-state index contributed by atoms with van der Waals surface area (Å²) in [5.74, 6) is -2.45. The number of hydrogen-bond acceptors (Lipinski definition) is 6. The lowest BCUT2D eigenvalue weighted by Crippen LogP contribution is -2.47. The third-order valence-electron chi connectivity index (χ3n) is 6.40. The van der Waals surface area contributed by atoms with Crippen molar-refractivity contribution in [2.75, 3.05) is 13.2 Å². The van der Waals surface area contributed by atoms with Crippen LogP contribution in [0.2, 0.25) is 0 Å². The number of esters is 1. The van der Waals surface area contributed by atoms with Crippen molar-refractivity contribution in [2.24, 2.45) is 0 Å². The summed E-state index contributed by atoms with van der Waals surface area (Å²) in [6, 6.07) is -1.39. The van der Waals surface area contributed by atoms with Gasteiger partial charge in [-0.2, -0.15) is 0 Å². The van der Waals surface area contributed by atoms with E-state index in [2.05, 4.69) is 60.9 Å². The Labute approximate surface area is 246 Å². The van der Waals surface area contributed by atoms with E-state index in [0.29, 0.717) is 12.8 Å². The molecule has 0 aromatic rings. The summed E-state index contributed by atoms with van der Waals surface area (Å²) in [6.07, 6.45) is 26.6. The third-order valence-corrected chi connectivity index (χ3v) is 6.40. The van der Waals surface area contributed by atoms with E-state index in [-0.39, 0.29) is 30.9 Å². The standard InChI is InChI=1S/C32H54N2O7/c1-3-5-7-8-9-10-11-12-13-14-15-16-20-24-31(38)41-27(21-6-4-2)22-18-17-19-23-29(36)33-25-30(37)34-28(26-35)32(39)40/h5,7,9-10,12-13,27-28,35H,3-4,6,8,11,14-26H2,1-2H3,(H,33,36)(H,34,37)(H,39,40)/b7-5-,10-9-,13-12-. The van der Waals surface area contributed by atoms with Crippen molar-refractivity contribution in [3.05, 3.63) is 36.5 Å². The molecule has 9 nitrogen and oxygen atoms in total. The van der Waals surface area contributed by atoms with Crippen LogP contribution in [0.4, 0.5) is 0 Å². The number of aliphatic carboxylic acids is 1. The van der Waals surface area contributed by atoms with Gasteiger partial charge in [-0.1, -0.05) is 76.0 Å². The lowest BCUT2D eigenvalue weighted by molar-refractivity contribution is -0.150. The number of rotatable bonds is 26. The molecule has 41 heavy (non-hydrogen) atoms. The molecule has 0 aromatic carbocycles. The Hall–Kier alpha value is -2.94. The normalized spacial score (nSPS) is 13.0. The molecule has 4 N–H and O–H groups in total. The van der Waals surface area contributed by atoms with Gasteiger partial charge in [-0.15, -0.1) is 0 Å². The molecule has 0 saturated heterocycles. The molecule has 234 valence electrons. The number of unbranched alkanes of at least 4 members (excludes halogenated alkanes) is 6. The maximum atomic E-state index is 12.4. The molecule has 0 saturated carbocycles. The monoisotopic (exact) mass is 578 g/mol. The van der Waals surface area contributed by atoms with Gasteiger partial charge in [0.25, 0.3) is 0 Å². The van der Waals surface area contributed by atoms with E-state index in [1.54, 1.807) is 0 Å². The Morgan fingerprint density at radius 2 is 1.39 bits per heavy atom. The fraction of sp³-hybridized carbons (Fsp3) is 0.688. The lowest BCUT2D eigenvalue weighted by Gasteiger charge is -2.18. The van der Waals surface area contributed by atoms with E-state index in [1.165, 1.54) is 0 Å². The Balaban J connectivity index is 4.03. The molecule has 0 aromatic heterocycles. The van der Waals surface area contributed by atoms with Gasteiger partial charge in [0.05, 0.1) is 13.2 Å². The number of hydrogen-bond donors (Lipinski definition) is 4. The summed E-state index contributed by atoms with van der Waals surface area (Å²) in [4.78, 5) is 46.8. The second-order valence-electron chi connectivity index (χ2n) is 10.2. The molecule has 0 spiro atoms. The second-order valence-corrected chi connectivity index (χ2v) is 10.2. The summed E-state index contributed by atoms with van der Waals surface area (Å²) in [5.41, 5.74) is 0. The summed E-state index contributed by atoms with van der Waals surface area (Å²) >= 11 is 0. The largest absolute Gasteiger partial charge is 0.480 e. The Kier molecular flexibility index (Phi) is 25.3. The van der Waals surface area contributed by atoms with Crippen molar-refractivity contribution in [1.29, 1.82) is 0 Å². The fourth-order valence-electron chi connectivity index (χ4n) is 4.01. The first-order valence-corrected chi connectivity index (χ1v) is 15.4. The van der Waals surface area contributed by atoms with Crippen molar-refractivity contribution in [2.45, 2.75) is 129 Å². The molecule has 0 heterocycles. The Bertz CT molecular complexity index is 808. The highest BCUT2D eigenvalue weighted by Crippen LogP contribution is 2.16. The first-order valence-electron chi connectivity index (χ1n) is 15.4. The molecule has 9 heteroatoms. The summed E-state index contributed by atoms with van der Waals surface area (Å²) in [6.45, 7) is 3.17. The average molecular weight is 579 g/mol. The summed E-state index contributed by atoms with van der Waals surface area (Å²) in [5, 5.41) is 22.3. The van der Waals surface area contributed by atoms with Crippen LogP contribution in [0.15, 0.2) is 36.5 Å². The maximum Gasteiger partial charge on any atom is 0.328 e. The number of aliphatic hydroxyl groups is 1. The minimum absolute atomic E-state index is 0.0953. The number of nitrogens with one attached hydrogen (secondary N) is 2. The second kappa shape index (κ2) is 27.2. The minimum atomic E-state index is -1.39. The molecular weight excluding hydrogens is 524 g/mol. The number of carboxylic acid groups (broad SMARTS) is 1. The lowest BCUT2D eigenvalue weighted by atomic mass is 10.0. The van der Waals surface area contributed by atoms with Crippen LogP contribution in [-0.4, -0.2) is 59.3 Å². The number of amides is 2. The van der Waals surface area contributed by atoms with Crippen LogP contribution >= 0.6 is 0 Å². The molecule has 2 atom stereocenters. The van der Waals surface area contributed by atoms with Crippen LogP contribution < -0.4 is 10.6 Å². The van der Waals surface area contributed by atoms with Crippen molar-refractivity contribution in [1.82, 2.24) is 10.6 Å². The molecule has 0 aliphatic heterocycles. The summed E-state index contributed by atoms with van der Waals surface area (Å²) in [7, 11) is 0. The zero-order valence-electron chi connectivity index (χ0n) is 25.3. The quantitative estimate of drug-likeness (QED) is 0.0601. The van der Waals surface area contributed by atoms with Gasteiger partial charge in [-0.05, 0) is 64.2 Å². The van der Waals surface area contributed by atoms with Crippen LogP contribution in [0, 0.1) is 0 Å². The first-order chi connectivity index (χ1) is 19.8. The molecule has 0 aliphatic carbocycles. The SMILES string of the molecule is CC/C=C\C/C=C\C/C=C\CCCCCC(=O)OC(CCCC)CCCCCC(=O)NCC(=O)NC(CO)C(=O)O. The van der Waals surface area contributed by atoms with Gasteiger partial charge < -0.3 is 25.6 Å². The van der Waals surface area contributed by atoms with E-state index < -0.39 is 24.5 Å². The molecule has 0 radical (unpaired) electrons. The first kappa shape index (κ1) is 38.1. The van der Waals surface area contributed by atoms with Gasteiger partial charge in [0.2, 0.25) is 11.8 Å². The molecule has 2 unspecified atom stereocenters. The van der Waals surface area contributed by atoms with Crippen LogP contribution in [0.5, 0.6) is 0 Å². The van der Waals surface area contributed by atoms with E-state index in [1.807, 2.05) is 0 Å². The topological polar surface area (TPSA) is 142 Å². The van der Waals surface area contributed by atoms with E-state index in [4.69, 9.17) is 14.9 Å². The number of carboxylic acids is 1. The zero-order chi connectivity index (χ0) is 30.6. The van der Waals surface area contributed by atoms with Crippen LogP contribution in [-0.2, 0) is 23.9 Å². The van der Waals surface area contributed by atoms with Gasteiger partial charge in [0.1, 0.15) is 12.1 Å². The number of carbonyl (C=O) groups is 4. The maximum absolute atomic E-state index is 12.4. The van der Waals surface area contributed by atoms with Gasteiger partial charge in [0, 0.05) is 12.8 Å². The third kappa shape index (κ3) is 24.6. The average Bonchev–Trinajstić information content (AvgIpc) is 2.95. The Morgan fingerprint density at radius 1 is 0.756 bits per heavy atom. The van der Waals surface area contributed by atoms with Crippen molar-refractivity contribution >= 4 is 23.8 Å². The number of ether oxygens (including phenoxy) is 1. The minimum Gasteiger partial charge on any atom is -0.480 e. The van der Waals surface area contributed by atoms with Crippen LogP contribution in [0.1, 0.15) is 117 Å². The smallest absolute Gasteiger partial charge is 0.328 e. The van der Waals surface area contributed by atoms with Crippen molar-refractivity contribution in [3.8, 4) is 0 Å². The highest BCUT2D eigenvalue weighted by atomic mass is 16.5. The predicted molar refractivity (Wildman–Crippen MR) is 162 cm³/mol. The molecule has 0 aliphatic rings. The van der Waals surface area contributed by atoms with Gasteiger partial charge >= 0.3 is 11.9 Å². The van der Waals surface area contributed by atoms with Crippen LogP contribution in [0.3, 0.4) is 0 Å². The van der Waals surface area contributed by atoms with Crippen molar-refractivity contribution < 1.29 is 34.1 Å². The van der Waals surface area contributed by atoms with E-state index >= 15 is 0 Å². The van der Waals surface area contributed by atoms with Gasteiger partial charge in [-0.25, -0.2) is 4.79 Å². The molecule has 0 fully saturated rings. The number of allylic oxidation sites excluding steroid dienone is 6. The molecule has 2 amide bonds. The van der Waals surface area contributed by atoms with Gasteiger partial charge in [0.15, 0.2) is 0 Å². The van der Waals surface area contributed by atoms with E-state index in [9.17, 15) is 19.2 Å². The highest BCUT2D eigenvalue weighted by Gasteiger charge is 2.19. The zero-order valence-corrected chi connectivity index (χ0v) is 25.3. The summed E-state index contributed by atoms with van der Waals surface area (Å²) < 4.78 is 5.76. The van der Waals surface area contributed by atoms with Crippen molar-refractivity contribution in [3.63, 3.8) is 0 Å². The Morgan fingerprint density at radius 3 is 2.05 bits per heavy atom. The predicted octanol–water partition coefficient (Wildman–Crippen LogP) is 5.53. The number of aliphatic hydroxyl groups excluding tert-OH is 1. The fourth-order valence-corrected chi connectivity index (χ4v) is 4.01.